The van der Waals surface area contributed by atoms with Crippen LogP contribution in [0.15, 0.2) is 0 Å². The molecule has 0 spiro atoms. The standard InChI is InChI=1S/C15H29N3O3/c1-2-15(10-19,11-20)17-14(21)13-4-3-9-18(13)12-5-7-16-8-6-12/h12-13,16,19-20H,2-11H2,1H3,(H,17,21). The molecule has 1 amide bonds. The lowest BCUT2D eigenvalue weighted by atomic mass is 9.97. The number of hydrogen-bond acceptors (Lipinski definition) is 5. The molecular formula is C15H29N3O3. The minimum Gasteiger partial charge on any atom is -0.394 e. The van der Waals surface area contributed by atoms with Crippen molar-refractivity contribution < 1.29 is 15.0 Å². The van der Waals surface area contributed by atoms with Crippen molar-refractivity contribution in [2.24, 2.45) is 0 Å². The minimum absolute atomic E-state index is 0.0454. The van der Waals surface area contributed by atoms with Crippen LogP contribution in [0.5, 0.6) is 0 Å². The van der Waals surface area contributed by atoms with E-state index in [1.165, 1.54) is 0 Å². The highest BCUT2D eigenvalue weighted by atomic mass is 16.3. The molecule has 0 bridgehead atoms. The lowest BCUT2D eigenvalue weighted by Crippen LogP contribution is -2.59. The molecule has 21 heavy (non-hydrogen) atoms. The number of nitrogens with one attached hydrogen (secondary N) is 2. The molecule has 2 saturated heterocycles. The molecule has 2 fully saturated rings. The van der Waals surface area contributed by atoms with Gasteiger partial charge in [-0.25, -0.2) is 0 Å². The smallest absolute Gasteiger partial charge is 0.237 e. The molecule has 6 nitrogen and oxygen atoms in total. The first-order chi connectivity index (χ1) is 10.2. The molecule has 0 aromatic heterocycles. The SMILES string of the molecule is CCC(CO)(CO)NC(=O)C1CCCN1C1CCNCC1. The number of carbonyl (C=O) groups excluding carboxylic acids is 1. The third-order valence-electron chi connectivity index (χ3n) is 5.05. The van der Waals surface area contributed by atoms with Crippen molar-refractivity contribution in [1.29, 1.82) is 0 Å². The molecule has 0 radical (unpaired) electrons. The van der Waals surface area contributed by atoms with E-state index in [4.69, 9.17) is 0 Å². The summed E-state index contributed by atoms with van der Waals surface area (Å²) in [5, 5.41) is 25.2. The van der Waals surface area contributed by atoms with E-state index in [-0.39, 0.29) is 25.2 Å². The second-order valence-electron chi connectivity index (χ2n) is 6.32. The molecule has 1 unspecified atom stereocenters. The monoisotopic (exact) mass is 299 g/mol. The van der Waals surface area contributed by atoms with Crippen LogP contribution in [-0.4, -0.2) is 71.5 Å². The maximum Gasteiger partial charge on any atom is 0.237 e. The normalized spacial score (nSPS) is 25.2. The number of piperidine rings is 1. The van der Waals surface area contributed by atoms with E-state index < -0.39 is 5.54 Å². The van der Waals surface area contributed by atoms with Gasteiger partial charge in [-0.2, -0.15) is 0 Å². The fraction of sp³-hybridized carbons (Fsp3) is 0.933. The van der Waals surface area contributed by atoms with Gasteiger partial charge in [0, 0.05) is 6.04 Å². The number of aliphatic hydroxyl groups excluding tert-OH is 2. The Hall–Kier alpha value is -0.690. The van der Waals surface area contributed by atoms with Crippen LogP contribution in [-0.2, 0) is 4.79 Å². The second-order valence-corrected chi connectivity index (χ2v) is 6.32. The van der Waals surface area contributed by atoms with Crippen molar-refractivity contribution in [3.8, 4) is 0 Å². The van der Waals surface area contributed by atoms with Crippen molar-refractivity contribution in [3.05, 3.63) is 0 Å². The Bertz CT molecular complexity index is 333. The number of amides is 1. The van der Waals surface area contributed by atoms with Crippen molar-refractivity contribution in [2.45, 2.75) is 56.7 Å². The summed E-state index contributed by atoms with van der Waals surface area (Å²) in [6, 6.07) is 0.362. The van der Waals surface area contributed by atoms with Gasteiger partial charge in [0.1, 0.15) is 0 Å². The van der Waals surface area contributed by atoms with Crippen LogP contribution in [0, 0.1) is 0 Å². The highest BCUT2D eigenvalue weighted by molar-refractivity contribution is 5.82. The van der Waals surface area contributed by atoms with Gasteiger partial charge in [0.25, 0.3) is 0 Å². The van der Waals surface area contributed by atoms with E-state index in [2.05, 4.69) is 15.5 Å². The molecule has 2 aliphatic heterocycles. The van der Waals surface area contributed by atoms with Crippen molar-refractivity contribution in [3.63, 3.8) is 0 Å². The highest BCUT2D eigenvalue weighted by Gasteiger charge is 2.38. The number of hydrogen-bond donors (Lipinski definition) is 4. The summed E-state index contributed by atoms with van der Waals surface area (Å²) in [5.41, 5.74) is -0.889. The average molecular weight is 299 g/mol. The highest BCUT2D eigenvalue weighted by Crippen LogP contribution is 2.25. The van der Waals surface area contributed by atoms with Crippen LogP contribution >= 0.6 is 0 Å². The zero-order valence-electron chi connectivity index (χ0n) is 13.0. The topological polar surface area (TPSA) is 84.8 Å². The summed E-state index contributed by atoms with van der Waals surface area (Å²) in [6.07, 6.45) is 4.60. The van der Waals surface area contributed by atoms with E-state index in [0.29, 0.717) is 12.5 Å². The van der Waals surface area contributed by atoms with E-state index >= 15 is 0 Å². The fourth-order valence-electron chi connectivity index (χ4n) is 3.43. The molecule has 4 N–H and O–H groups in total. The van der Waals surface area contributed by atoms with E-state index in [0.717, 1.165) is 45.3 Å². The Morgan fingerprint density at radius 1 is 1.29 bits per heavy atom. The number of carbonyl (C=O) groups is 1. The third kappa shape index (κ3) is 3.74. The van der Waals surface area contributed by atoms with Gasteiger partial charge in [0.2, 0.25) is 5.91 Å². The van der Waals surface area contributed by atoms with Gasteiger partial charge in [0.15, 0.2) is 0 Å². The first kappa shape index (κ1) is 16.7. The maximum atomic E-state index is 12.6. The molecule has 0 saturated carbocycles. The molecule has 0 aliphatic carbocycles. The predicted octanol–water partition coefficient (Wildman–Crippen LogP) is -0.548. The summed E-state index contributed by atoms with van der Waals surface area (Å²) >= 11 is 0. The van der Waals surface area contributed by atoms with Gasteiger partial charge < -0.3 is 20.8 Å². The van der Waals surface area contributed by atoms with Crippen LogP contribution in [0.25, 0.3) is 0 Å². The second kappa shape index (κ2) is 7.54. The fourth-order valence-corrected chi connectivity index (χ4v) is 3.43. The Kier molecular flexibility index (Phi) is 5.98. The first-order valence-electron chi connectivity index (χ1n) is 8.16. The quantitative estimate of drug-likeness (QED) is 0.529. The Morgan fingerprint density at radius 2 is 1.95 bits per heavy atom. The maximum absolute atomic E-state index is 12.6. The van der Waals surface area contributed by atoms with Gasteiger partial charge in [-0.1, -0.05) is 6.92 Å². The molecule has 2 heterocycles. The lowest BCUT2D eigenvalue weighted by molar-refractivity contribution is -0.129. The Morgan fingerprint density at radius 3 is 2.52 bits per heavy atom. The Balaban J connectivity index is 1.99. The van der Waals surface area contributed by atoms with Crippen molar-refractivity contribution in [1.82, 2.24) is 15.5 Å². The largest absolute Gasteiger partial charge is 0.394 e. The van der Waals surface area contributed by atoms with Gasteiger partial charge >= 0.3 is 0 Å². The van der Waals surface area contributed by atoms with Gasteiger partial charge in [-0.15, -0.1) is 0 Å². The van der Waals surface area contributed by atoms with Crippen molar-refractivity contribution in [2.75, 3.05) is 32.8 Å². The molecular weight excluding hydrogens is 270 g/mol. The zero-order valence-corrected chi connectivity index (χ0v) is 13.0. The van der Waals surface area contributed by atoms with E-state index in [9.17, 15) is 15.0 Å². The van der Waals surface area contributed by atoms with E-state index in [1.54, 1.807) is 0 Å². The molecule has 6 heteroatoms. The summed E-state index contributed by atoms with van der Waals surface area (Å²) in [5.74, 6) is -0.0454. The number of nitrogens with zero attached hydrogens (tertiary/aromatic N) is 1. The summed E-state index contributed by atoms with van der Waals surface area (Å²) in [7, 11) is 0. The lowest BCUT2D eigenvalue weighted by Gasteiger charge is -2.37. The molecule has 1 atom stereocenters. The molecule has 122 valence electrons. The average Bonchev–Trinajstić information content (AvgIpc) is 3.03. The van der Waals surface area contributed by atoms with Gasteiger partial charge in [-0.05, 0) is 51.7 Å². The zero-order chi connectivity index (χ0) is 15.3. The van der Waals surface area contributed by atoms with Crippen LogP contribution in [0.2, 0.25) is 0 Å². The number of aliphatic hydroxyl groups is 2. The van der Waals surface area contributed by atoms with Crippen LogP contribution in [0.4, 0.5) is 0 Å². The predicted molar refractivity (Wildman–Crippen MR) is 81.0 cm³/mol. The van der Waals surface area contributed by atoms with Crippen molar-refractivity contribution >= 4 is 5.91 Å². The first-order valence-corrected chi connectivity index (χ1v) is 8.16. The molecule has 0 aromatic rings. The van der Waals surface area contributed by atoms with Gasteiger partial charge in [0.05, 0.1) is 24.8 Å². The Labute approximate surface area is 126 Å². The van der Waals surface area contributed by atoms with E-state index in [1.807, 2.05) is 6.92 Å². The molecule has 2 rings (SSSR count). The summed E-state index contributed by atoms with van der Waals surface area (Å²) in [6.45, 7) is 4.41. The molecule has 2 aliphatic rings. The number of rotatable bonds is 6. The third-order valence-corrected chi connectivity index (χ3v) is 5.05. The summed E-state index contributed by atoms with van der Waals surface area (Å²) < 4.78 is 0. The number of likely N-dealkylation sites (tertiary alicyclic amines) is 1. The van der Waals surface area contributed by atoms with Gasteiger partial charge in [-0.3, -0.25) is 9.69 Å². The van der Waals surface area contributed by atoms with Crippen LogP contribution in [0.1, 0.15) is 39.0 Å². The minimum atomic E-state index is -0.889. The van der Waals surface area contributed by atoms with Crippen LogP contribution < -0.4 is 10.6 Å². The molecule has 0 aromatic carbocycles. The summed E-state index contributed by atoms with van der Waals surface area (Å²) in [4.78, 5) is 14.9. The van der Waals surface area contributed by atoms with Crippen LogP contribution in [0.3, 0.4) is 0 Å².